The highest BCUT2D eigenvalue weighted by Crippen LogP contribution is 2.14. The smallest absolute Gasteiger partial charge is 0.120 e. The molecule has 1 aromatic rings. The topological polar surface area (TPSA) is 42.2 Å². The van der Waals surface area contributed by atoms with Crippen molar-refractivity contribution in [2.24, 2.45) is 0 Å². The van der Waals surface area contributed by atoms with Crippen molar-refractivity contribution < 1.29 is 8.63 Å². The lowest BCUT2D eigenvalue weighted by atomic mass is 10.2. The maximum atomic E-state index is 11.2. The second kappa shape index (κ2) is 6.08. The third-order valence-electron chi connectivity index (χ3n) is 2.29. The first-order chi connectivity index (χ1) is 7.13. The van der Waals surface area contributed by atoms with E-state index in [1.165, 1.54) is 0 Å². The molecule has 2 atom stereocenters. The molecule has 1 heterocycles. The maximum Gasteiger partial charge on any atom is 0.120 e. The second-order valence-corrected chi connectivity index (χ2v) is 5.42. The van der Waals surface area contributed by atoms with E-state index in [9.17, 15) is 4.21 Å². The van der Waals surface area contributed by atoms with Gasteiger partial charge in [0.15, 0.2) is 0 Å². The molecule has 86 valence electrons. The summed E-state index contributed by atoms with van der Waals surface area (Å²) < 4.78 is 16.7. The molecule has 0 aliphatic rings. The largest absolute Gasteiger partial charge is 0.465 e. The normalized spacial score (nSPS) is 15.1. The van der Waals surface area contributed by atoms with Crippen LogP contribution in [0.1, 0.15) is 31.4 Å². The number of nitrogens with one attached hydrogen (secondary N) is 1. The zero-order chi connectivity index (χ0) is 11.3. The molecule has 0 radical (unpaired) electrons. The van der Waals surface area contributed by atoms with Crippen LogP contribution in [0.15, 0.2) is 16.5 Å². The van der Waals surface area contributed by atoms with Crippen LogP contribution in [-0.2, 0) is 10.8 Å². The molecular formula is C11H19NO2S. The molecule has 3 nitrogen and oxygen atoms in total. The monoisotopic (exact) mass is 229 g/mol. The SMILES string of the molecule is CCS(=O)CCNC(C)c1ccc(C)o1. The number of hydrogen-bond donors (Lipinski definition) is 1. The van der Waals surface area contributed by atoms with Crippen LogP contribution in [0.4, 0.5) is 0 Å². The third kappa shape index (κ3) is 4.18. The Morgan fingerprint density at radius 2 is 2.27 bits per heavy atom. The molecule has 4 heteroatoms. The fourth-order valence-electron chi connectivity index (χ4n) is 1.32. The predicted molar refractivity (Wildman–Crippen MR) is 63.4 cm³/mol. The number of rotatable bonds is 6. The fraction of sp³-hybridized carbons (Fsp3) is 0.636. The summed E-state index contributed by atoms with van der Waals surface area (Å²) in [5.74, 6) is 3.31. The van der Waals surface area contributed by atoms with Gasteiger partial charge in [-0.05, 0) is 26.0 Å². The fourth-order valence-corrected chi connectivity index (χ4v) is 1.95. The molecule has 1 rings (SSSR count). The first-order valence-electron chi connectivity index (χ1n) is 5.28. The van der Waals surface area contributed by atoms with Gasteiger partial charge in [0.05, 0.1) is 6.04 Å². The summed E-state index contributed by atoms with van der Waals surface area (Å²) in [6.45, 7) is 6.69. The van der Waals surface area contributed by atoms with Gasteiger partial charge in [0.25, 0.3) is 0 Å². The summed E-state index contributed by atoms with van der Waals surface area (Å²) in [7, 11) is -0.688. The minimum Gasteiger partial charge on any atom is -0.465 e. The average molecular weight is 229 g/mol. The van der Waals surface area contributed by atoms with Crippen molar-refractivity contribution in [3.05, 3.63) is 23.7 Å². The first kappa shape index (κ1) is 12.5. The van der Waals surface area contributed by atoms with E-state index in [1.54, 1.807) is 0 Å². The van der Waals surface area contributed by atoms with Crippen LogP contribution in [0.5, 0.6) is 0 Å². The zero-order valence-corrected chi connectivity index (χ0v) is 10.4. The lowest BCUT2D eigenvalue weighted by Crippen LogP contribution is -2.24. The molecule has 0 aliphatic heterocycles. The Morgan fingerprint density at radius 3 is 2.80 bits per heavy atom. The first-order valence-corrected chi connectivity index (χ1v) is 6.77. The molecule has 0 aliphatic carbocycles. The van der Waals surface area contributed by atoms with E-state index >= 15 is 0 Å². The number of furan rings is 1. The van der Waals surface area contributed by atoms with Gasteiger partial charge in [0.2, 0.25) is 0 Å². The van der Waals surface area contributed by atoms with Gasteiger partial charge in [-0.1, -0.05) is 6.92 Å². The van der Waals surface area contributed by atoms with Crippen LogP contribution in [0, 0.1) is 6.92 Å². The van der Waals surface area contributed by atoms with E-state index in [0.29, 0.717) is 5.75 Å². The van der Waals surface area contributed by atoms with E-state index in [1.807, 2.05) is 32.9 Å². The van der Waals surface area contributed by atoms with Gasteiger partial charge in [0, 0.05) is 28.9 Å². The zero-order valence-electron chi connectivity index (χ0n) is 9.58. The van der Waals surface area contributed by atoms with Gasteiger partial charge in [0.1, 0.15) is 11.5 Å². The molecule has 2 unspecified atom stereocenters. The lowest BCUT2D eigenvalue weighted by molar-refractivity contribution is 0.422. The highest BCUT2D eigenvalue weighted by molar-refractivity contribution is 7.84. The quantitative estimate of drug-likeness (QED) is 0.811. The van der Waals surface area contributed by atoms with Crippen molar-refractivity contribution in [2.75, 3.05) is 18.1 Å². The van der Waals surface area contributed by atoms with Crippen molar-refractivity contribution in [3.63, 3.8) is 0 Å². The van der Waals surface area contributed by atoms with Gasteiger partial charge >= 0.3 is 0 Å². The minimum absolute atomic E-state index is 0.188. The summed E-state index contributed by atoms with van der Waals surface area (Å²) in [4.78, 5) is 0. The second-order valence-electron chi connectivity index (χ2n) is 3.56. The lowest BCUT2D eigenvalue weighted by Gasteiger charge is -2.10. The Balaban J connectivity index is 2.30. The van der Waals surface area contributed by atoms with Crippen LogP contribution in [0.2, 0.25) is 0 Å². The van der Waals surface area contributed by atoms with Crippen molar-refractivity contribution in [2.45, 2.75) is 26.8 Å². The highest BCUT2D eigenvalue weighted by atomic mass is 32.2. The molecule has 0 spiro atoms. The van der Waals surface area contributed by atoms with Crippen molar-refractivity contribution in [3.8, 4) is 0 Å². The molecule has 1 aromatic heterocycles. The Bertz CT molecular complexity index is 322. The van der Waals surface area contributed by atoms with Gasteiger partial charge in [-0.15, -0.1) is 0 Å². The molecule has 1 N–H and O–H groups in total. The van der Waals surface area contributed by atoms with E-state index < -0.39 is 10.8 Å². The van der Waals surface area contributed by atoms with Crippen molar-refractivity contribution in [1.82, 2.24) is 5.32 Å². The molecule has 0 bridgehead atoms. The van der Waals surface area contributed by atoms with Crippen molar-refractivity contribution >= 4 is 10.8 Å². The minimum atomic E-state index is -0.688. The van der Waals surface area contributed by atoms with Gasteiger partial charge in [-0.3, -0.25) is 4.21 Å². The van der Waals surface area contributed by atoms with Crippen LogP contribution in [0.25, 0.3) is 0 Å². The van der Waals surface area contributed by atoms with E-state index in [-0.39, 0.29) is 6.04 Å². The summed E-state index contributed by atoms with van der Waals surface area (Å²) >= 11 is 0. The van der Waals surface area contributed by atoms with Gasteiger partial charge in [-0.2, -0.15) is 0 Å². The van der Waals surface area contributed by atoms with Crippen molar-refractivity contribution in [1.29, 1.82) is 0 Å². The maximum absolute atomic E-state index is 11.2. The van der Waals surface area contributed by atoms with Crippen LogP contribution in [-0.4, -0.2) is 22.3 Å². The summed E-state index contributed by atoms with van der Waals surface area (Å²) in [6.07, 6.45) is 0. The molecule has 0 amide bonds. The Hall–Kier alpha value is -0.610. The highest BCUT2D eigenvalue weighted by Gasteiger charge is 2.08. The molecule has 0 fully saturated rings. The summed E-state index contributed by atoms with van der Waals surface area (Å²) in [5.41, 5.74) is 0. The summed E-state index contributed by atoms with van der Waals surface area (Å²) in [5, 5.41) is 3.29. The molecule has 0 saturated heterocycles. The Morgan fingerprint density at radius 1 is 1.53 bits per heavy atom. The molecule has 0 aromatic carbocycles. The number of hydrogen-bond acceptors (Lipinski definition) is 3. The van der Waals surface area contributed by atoms with E-state index in [0.717, 1.165) is 23.8 Å². The number of aryl methyl sites for hydroxylation is 1. The predicted octanol–water partition coefficient (Wildman–Crippen LogP) is 2.01. The average Bonchev–Trinajstić information content (AvgIpc) is 2.64. The molecule has 0 saturated carbocycles. The third-order valence-corrected chi connectivity index (χ3v) is 3.59. The van der Waals surface area contributed by atoms with Gasteiger partial charge < -0.3 is 9.73 Å². The Labute approximate surface area is 93.7 Å². The molecule has 15 heavy (non-hydrogen) atoms. The summed E-state index contributed by atoms with van der Waals surface area (Å²) in [6, 6.07) is 4.12. The molecular weight excluding hydrogens is 210 g/mol. The van der Waals surface area contributed by atoms with Crippen LogP contribution >= 0.6 is 0 Å². The van der Waals surface area contributed by atoms with E-state index in [2.05, 4.69) is 5.32 Å². The van der Waals surface area contributed by atoms with Crippen LogP contribution < -0.4 is 5.32 Å². The van der Waals surface area contributed by atoms with E-state index in [4.69, 9.17) is 4.42 Å². The Kier molecular flexibility index (Phi) is 5.05. The standard InChI is InChI=1S/C11H19NO2S/c1-4-15(13)8-7-12-10(3)11-6-5-9(2)14-11/h5-6,10,12H,4,7-8H2,1-3H3. The van der Waals surface area contributed by atoms with Crippen LogP contribution in [0.3, 0.4) is 0 Å². The van der Waals surface area contributed by atoms with Gasteiger partial charge in [-0.25, -0.2) is 0 Å².